The largest absolute Gasteiger partial charge is 0.493 e. The van der Waals surface area contributed by atoms with Crippen molar-refractivity contribution in [1.82, 2.24) is 14.8 Å². The molecule has 0 saturated carbocycles. The lowest BCUT2D eigenvalue weighted by Crippen LogP contribution is -2.47. The molecule has 1 amide bonds. The van der Waals surface area contributed by atoms with Gasteiger partial charge in [-0.25, -0.2) is 4.98 Å². The molecule has 0 bridgehead atoms. The first kappa shape index (κ1) is 31.9. The number of nitrogens with zero attached hydrogens (tertiary/aromatic N) is 4. The summed E-state index contributed by atoms with van der Waals surface area (Å²) in [6, 6.07) is 5.99. The van der Waals surface area contributed by atoms with E-state index in [1.165, 1.54) is 24.9 Å². The number of ether oxygens (including phenoxy) is 2. The van der Waals surface area contributed by atoms with Gasteiger partial charge < -0.3 is 14.4 Å². The number of aryl methyl sites for hydroxylation is 1. The van der Waals surface area contributed by atoms with E-state index >= 15 is 0 Å². The fourth-order valence-electron chi connectivity index (χ4n) is 4.68. The number of amides is 1. The monoisotopic (exact) mass is 656 g/mol. The number of benzene rings is 2. The van der Waals surface area contributed by atoms with Gasteiger partial charge in [0.25, 0.3) is 5.91 Å². The Bertz CT molecular complexity index is 1590. The summed E-state index contributed by atoms with van der Waals surface area (Å²) in [5, 5.41) is 3.71. The molecule has 3 heterocycles. The number of hydrogen-bond donors (Lipinski definition) is 0. The van der Waals surface area contributed by atoms with Crippen molar-refractivity contribution < 1.29 is 40.6 Å². The zero-order valence-corrected chi connectivity index (χ0v) is 25.1. The van der Waals surface area contributed by atoms with E-state index in [0.717, 1.165) is 36.4 Å². The number of aliphatic imine (C=N–C) groups is 1. The van der Waals surface area contributed by atoms with Gasteiger partial charge in [0, 0.05) is 43.7 Å². The van der Waals surface area contributed by atoms with Gasteiger partial charge in [-0.15, -0.1) is 11.3 Å². The third-order valence-corrected chi connectivity index (χ3v) is 8.78. The average molecular weight is 657 g/mol. The number of hydrogen-bond acceptors (Lipinski definition) is 8. The van der Waals surface area contributed by atoms with Gasteiger partial charge in [0.15, 0.2) is 16.7 Å². The Balaban J connectivity index is 1.22. The highest BCUT2D eigenvalue weighted by atomic mass is 32.2. The molecule has 0 radical (unpaired) electrons. The first-order valence-corrected chi connectivity index (χ1v) is 15.0. The van der Waals surface area contributed by atoms with Crippen LogP contribution in [0.25, 0.3) is 6.08 Å². The summed E-state index contributed by atoms with van der Waals surface area (Å²) >= 11 is 2.88. The zero-order chi connectivity index (χ0) is 31.6. The summed E-state index contributed by atoms with van der Waals surface area (Å²) in [6.45, 7) is 5.14. The molecule has 234 valence electrons. The minimum absolute atomic E-state index is 0.0705. The van der Waals surface area contributed by atoms with Crippen molar-refractivity contribution >= 4 is 40.2 Å². The predicted octanol–water partition coefficient (Wildman–Crippen LogP) is 6.86. The van der Waals surface area contributed by atoms with Gasteiger partial charge in [0.1, 0.15) is 6.61 Å². The van der Waals surface area contributed by atoms with Crippen LogP contribution in [-0.2, 0) is 30.3 Å². The number of thioether (sulfide) groups is 1. The first-order valence-electron chi connectivity index (χ1n) is 13.3. The van der Waals surface area contributed by atoms with Gasteiger partial charge in [-0.3, -0.25) is 9.69 Å². The standard InChI is InChI=1S/C29H26F6N4O3S2/c1-17-36-21(16-43-17)14-38-7-9-39(10-8-38)27-37-26(40)25(44-27)12-18-3-6-23(24(11-18)41-2)42-15-19-4-5-20(28(30,31)32)13-22(19)29(33,34)35/h3-6,11-13,16H,7-10,14-15H2,1-2H3/b25-12+. The quantitative estimate of drug-likeness (QED) is 0.203. The van der Waals surface area contributed by atoms with E-state index in [2.05, 4.69) is 25.2 Å². The SMILES string of the molecule is COc1cc(/C=C2/SC(N3CCN(Cc4csc(C)n4)CC3)=NC2=O)ccc1OCc1ccc(C(F)(F)F)cc1C(F)(F)F. The third kappa shape index (κ3) is 7.56. The zero-order valence-electron chi connectivity index (χ0n) is 23.5. The van der Waals surface area contributed by atoms with Gasteiger partial charge in [-0.2, -0.15) is 31.3 Å². The minimum atomic E-state index is -5.01. The van der Waals surface area contributed by atoms with E-state index < -0.39 is 35.6 Å². The van der Waals surface area contributed by atoms with Gasteiger partial charge in [-0.05, 0) is 54.6 Å². The van der Waals surface area contributed by atoms with E-state index in [9.17, 15) is 31.1 Å². The fraction of sp³-hybridized carbons (Fsp3) is 0.345. The molecule has 3 aromatic rings. The summed E-state index contributed by atoms with van der Waals surface area (Å²) in [5.74, 6) is -0.134. The first-order chi connectivity index (χ1) is 20.8. The molecule has 2 aliphatic rings. The molecule has 7 nitrogen and oxygen atoms in total. The van der Waals surface area contributed by atoms with Crippen LogP contribution >= 0.6 is 23.1 Å². The fourth-order valence-corrected chi connectivity index (χ4v) is 6.25. The van der Waals surface area contributed by atoms with Crippen molar-refractivity contribution in [2.75, 3.05) is 33.3 Å². The number of alkyl halides is 6. The van der Waals surface area contributed by atoms with E-state index in [0.29, 0.717) is 34.8 Å². The van der Waals surface area contributed by atoms with Crippen LogP contribution in [0, 0.1) is 6.92 Å². The van der Waals surface area contributed by atoms with Crippen molar-refractivity contribution in [1.29, 1.82) is 0 Å². The second-order valence-corrected chi connectivity index (χ2v) is 12.1. The van der Waals surface area contributed by atoms with Crippen molar-refractivity contribution in [2.24, 2.45) is 4.99 Å². The molecule has 2 aromatic carbocycles. The number of piperazine rings is 1. The number of amidine groups is 1. The molecular weight excluding hydrogens is 630 g/mol. The summed E-state index contributed by atoms with van der Waals surface area (Å²) in [4.78, 5) is 26.2. The molecular formula is C29H26F6N4O3S2. The molecule has 44 heavy (non-hydrogen) atoms. The Morgan fingerprint density at radius 3 is 2.36 bits per heavy atom. The lowest BCUT2D eigenvalue weighted by atomic mass is 10.0. The molecule has 15 heteroatoms. The normalized spacial score (nSPS) is 17.4. The molecule has 1 saturated heterocycles. The summed E-state index contributed by atoms with van der Waals surface area (Å²) in [5.41, 5.74) is -1.69. The molecule has 0 aliphatic carbocycles. The number of thiazole rings is 1. The van der Waals surface area contributed by atoms with E-state index in [1.807, 2.05) is 6.92 Å². The van der Waals surface area contributed by atoms with Crippen LogP contribution in [-0.4, -0.2) is 59.1 Å². The molecule has 2 aliphatic heterocycles. The molecule has 1 fully saturated rings. The van der Waals surface area contributed by atoms with Crippen LogP contribution in [0.15, 0.2) is 51.7 Å². The van der Waals surface area contributed by atoms with Crippen LogP contribution < -0.4 is 9.47 Å². The van der Waals surface area contributed by atoms with Crippen LogP contribution in [0.2, 0.25) is 0 Å². The number of methoxy groups -OCH3 is 1. The molecule has 1 aromatic heterocycles. The van der Waals surface area contributed by atoms with Crippen LogP contribution in [0.1, 0.15) is 33.0 Å². The van der Waals surface area contributed by atoms with Crippen molar-refractivity contribution in [3.8, 4) is 11.5 Å². The second kappa shape index (κ2) is 12.8. The van der Waals surface area contributed by atoms with E-state index in [4.69, 9.17) is 9.47 Å². The van der Waals surface area contributed by atoms with E-state index in [1.54, 1.807) is 29.5 Å². The van der Waals surface area contributed by atoms with Crippen molar-refractivity contribution in [2.45, 2.75) is 32.4 Å². The topological polar surface area (TPSA) is 67.3 Å². The maximum absolute atomic E-state index is 13.5. The Morgan fingerprint density at radius 2 is 1.73 bits per heavy atom. The average Bonchev–Trinajstić information content (AvgIpc) is 3.55. The van der Waals surface area contributed by atoms with Crippen LogP contribution in [0.3, 0.4) is 0 Å². The van der Waals surface area contributed by atoms with Crippen molar-refractivity contribution in [3.63, 3.8) is 0 Å². The van der Waals surface area contributed by atoms with Gasteiger partial charge in [-0.1, -0.05) is 12.1 Å². The Kier molecular flexibility index (Phi) is 9.28. The third-order valence-electron chi connectivity index (χ3n) is 6.92. The highest BCUT2D eigenvalue weighted by molar-refractivity contribution is 8.18. The summed E-state index contributed by atoms with van der Waals surface area (Å²) < 4.78 is 90.4. The number of aromatic nitrogens is 1. The lowest BCUT2D eigenvalue weighted by Gasteiger charge is -2.34. The maximum Gasteiger partial charge on any atom is 0.416 e. The number of rotatable bonds is 7. The van der Waals surface area contributed by atoms with Crippen molar-refractivity contribution in [3.05, 3.63) is 79.6 Å². The maximum atomic E-state index is 13.5. The smallest absolute Gasteiger partial charge is 0.416 e. The highest BCUT2D eigenvalue weighted by Gasteiger charge is 2.38. The molecule has 0 atom stereocenters. The Morgan fingerprint density at radius 1 is 0.977 bits per heavy atom. The number of halogens is 6. The Hall–Kier alpha value is -3.56. The van der Waals surface area contributed by atoms with Gasteiger partial charge in [0.05, 0.1) is 33.8 Å². The Labute approximate surface area is 257 Å². The summed E-state index contributed by atoms with van der Waals surface area (Å²) in [6.07, 6.45) is -8.30. The lowest BCUT2D eigenvalue weighted by molar-refractivity contribution is -0.143. The molecule has 0 spiro atoms. The van der Waals surface area contributed by atoms with E-state index in [-0.39, 0.29) is 23.5 Å². The predicted molar refractivity (Wildman–Crippen MR) is 155 cm³/mol. The van der Waals surface area contributed by atoms with Crippen LogP contribution in [0.5, 0.6) is 11.5 Å². The van der Waals surface area contributed by atoms with Gasteiger partial charge in [0.2, 0.25) is 0 Å². The molecule has 5 rings (SSSR count). The molecule has 0 N–H and O–H groups in total. The number of carbonyl (C=O) groups is 1. The second-order valence-electron chi connectivity index (χ2n) is 10.00. The highest BCUT2D eigenvalue weighted by Crippen LogP contribution is 2.39. The van der Waals surface area contributed by atoms with Gasteiger partial charge >= 0.3 is 12.4 Å². The minimum Gasteiger partial charge on any atom is -0.493 e. The molecule has 0 unspecified atom stereocenters. The number of carbonyl (C=O) groups excluding carboxylic acids is 1. The summed E-state index contributed by atoms with van der Waals surface area (Å²) in [7, 11) is 1.34. The van der Waals surface area contributed by atoms with Crippen LogP contribution in [0.4, 0.5) is 26.3 Å².